The van der Waals surface area contributed by atoms with Gasteiger partial charge in [0.05, 0.1) is 0 Å². The van der Waals surface area contributed by atoms with Crippen molar-refractivity contribution in [2.45, 2.75) is 141 Å². The molecule has 0 saturated carbocycles. The first-order valence-corrected chi connectivity index (χ1v) is 13.9. The van der Waals surface area contributed by atoms with E-state index >= 15 is 0 Å². The monoisotopic (exact) mass is 486 g/mol. The van der Waals surface area contributed by atoms with Crippen LogP contribution >= 0.6 is 0 Å². The van der Waals surface area contributed by atoms with Crippen LogP contribution in [0.25, 0.3) is 0 Å². The lowest BCUT2D eigenvalue weighted by Gasteiger charge is -2.42. The van der Waals surface area contributed by atoms with Crippen molar-refractivity contribution in [1.82, 2.24) is 10.6 Å². The quantitative estimate of drug-likeness (QED) is 0.192. The molecule has 0 aromatic carbocycles. The van der Waals surface area contributed by atoms with E-state index in [1.165, 1.54) is 64.9 Å². The molecule has 0 spiro atoms. The largest absolute Gasteiger partial charge is 0.388 e. The molecule has 4 N–H and O–H groups in total. The lowest BCUT2D eigenvalue weighted by molar-refractivity contribution is -0.255. The van der Waals surface area contributed by atoms with Crippen molar-refractivity contribution in [3.05, 3.63) is 0 Å². The van der Waals surface area contributed by atoms with Gasteiger partial charge in [-0.05, 0) is 25.3 Å². The first-order valence-electron chi connectivity index (χ1n) is 13.9. The van der Waals surface area contributed by atoms with Crippen LogP contribution in [0, 0.1) is 5.92 Å². The number of aliphatic hydroxyl groups excluding tert-OH is 2. The van der Waals surface area contributed by atoms with Gasteiger partial charge in [0.1, 0.15) is 24.4 Å². The Balaban J connectivity index is 2.26. The molecule has 1 fully saturated rings. The van der Waals surface area contributed by atoms with Gasteiger partial charge in [-0.25, -0.2) is 0 Å². The molecule has 1 aliphatic rings. The molecule has 1 aliphatic heterocycles. The van der Waals surface area contributed by atoms with E-state index in [1.54, 1.807) is 0 Å². The van der Waals surface area contributed by atoms with Crippen molar-refractivity contribution >= 4 is 5.91 Å². The van der Waals surface area contributed by atoms with E-state index in [1.807, 2.05) is 0 Å². The van der Waals surface area contributed by atoms with E-state index in [2.05, 4.69) is 31.4 Å². The van der Waals surface area contributed by atoms with Crippen LogP contribution in [0.2, 0.25) is 0 Å². The maximum Gasteiger partial charge on any atom is 0.220 e. The zero-order chi connectivity index (χ0) is 25.2. The molecule has 7 heteroatoms. The summed E-state index contributed by atoms with van der Waals surface area (Å²) in [6.07, 6.45) is 12.3. The number of aliphatic hydroxyl groups is 2. The number of rotatable bonds is 20. The van der Waals surface area contributed by atoms with Gasteiger partial charge in [-0.1, -0.05) is 91.4 Å². The van der Waals surface area contributed by atoms with Crippen LogP contribution in [0.5, 0.6) is 0 Å². The van der Waals surface area contributed by atoms with Gasteiger partial charge >= 0.3 is 0 Å². The zero-order valence-corrected chi connectivity index (χ0v) is 22.4. The van der Waals surface area contributed by atoms with E-state index in [-0.39, 0.29) is 5.91 Å². The van der Waals surface area contributed by atoms with Crippen LogP contribution in [0.15, 0.2) is 0 Å². The highest BCUT2D eigenvalue weighted by molar-refractivity contribution is 5.76. The Kier molecular flexibility index (Phi) is 17.9. The smallest absolute Gasteiger partial charge is 0.220 e. The Labute approximate surface area is 208 Å². The predicted molar refractivity (Wildman–Crippen MR) is 138 cm³/mol. The molecule has 5 atom stereocenters. The summed E-state index contributed by atoms with van der Waals surface area (Å²) < 4.78 is 11.3. The van der Waals surface area contributed by atoms with Crippen LogP contribution in [0.3, 0.4) is 0 Å². The average Bonchev–Trinajstić information content (AvgIpc) is 2.81. The summed E-state index contributed by atoms with van der Waals surface area (Å²) in [7, 11) is 1.49. The van der Waals surface area contributed by atoms with E-state index in [0.717, 1.165) is 38.1 Å². The minimum atomic E-state index is -1.14. The first kappa shape index (κ1) is 31.3. The summed E-state index contributed by atoms with van der Waals surface area (Å²) in [6, 6.07) is -0.780. The highest BCUT2D eigenvalue weighted by Gasteiger charge is 2.45. The number of nitrogens with one attached hydrogen (secondary N) is 2. The van der Waals surface area contributed by atoms with Gasteiger partial charge in [0.2, 0.25) is 5.91 Å². The molecule has 5 unspecified atom stereocenters. The van der Waals surface area contributed by atoms with Crippen LogP contribution in [0.4, 0.5) is 0 Å². The van der Waals surface area contributed by atoms with Gasteiger partial charge in [0.25, 0.3) is 0 Å². The molecule has 0 radical (unpaired) electrons. The highest BCUT2D eigenvalue weighted by Crippen LogP contribution is 2.22. The summed E-state index contributed by atoms with van der Waals surface area (Å²) in [4.78, 5) is 12.4. The molecule has 0 aromatic heterocycles. The zero-order valence-electron chi connectivity index (χ0n) is 22.4. The fourth-order valence-corrected chi connectivity index (χ4v) is 4.53. The second-order valence-corrected chi connectivity index (χ2v) is 10.4. The Morgan fingerprint density at radius 3 is 2.18 bits per heavy atom. The Morgan fingerprint density at radius 2 is 1.53 bits per heavy atom. The summed E-state index contributed by atoms with van der Waals surface area (Å²) in [5.74, 6) is 0.578. The number of hydrogen-bond donors (Lipinski definition) is 4. The minimum Gasteiger partial charge on any atom is -0.388 e. The number of carbonyl (C=O) groups excluding carboxylic acids is 1. The van der Waals surface area contributed by atoms with Gasteiger partial charge in [-0.2, -0.15) is 0 Å². The predicted octanol–water partition coefficient (Wildman–Crippen LogP) is 4.29. The highest BCUT2D eigenvalue weighted by atomic mass is 16.7. The molecule has 1 heterocycles. The van der Waals surface area contributed by atoms with Crippen molar-refractivity contribution in [3.63, 3.8) is 0 Å². The van der Waals surface area contributed by atoms with Crippen molar-refractivity contribution in [3.8, 4) is 0 Å². The second kappa shape index (κ2) is 19.5. The van der Waals surface area contributed by atoms with Gasteiger partial charge in [-0.15, -0.1) is 0 Å². The minimum absolute atomic E-state index is 0.142. The van der Waals surface area contributed by atoms with Crippen molar-refractivity contribution in [2.24, 2.45) is 5.92 Å². The topological polar surface area (TPSA) is 100 Å². The van der Waals surface area contributed by atoms with Gasteiger partial charge in [-0.3, -0.25) is 4.79 Å². The summed E-state index contributed by atoms with van der Waals surface area (Å²) in [5.41, 5.74) is 0. The van der Waals surface area contributed by atoms with Crippen LogP contribution in [-0.4, -0.2) is 67.0 Å². The molecule has 1 rings (SSSR count). The van der Waals surface area contributed by atoms with E-state index in [9.17, 15) is 15.0 Å². The molecule has 1 saturated heterocycles. The molecule has 0 aromatic rings. The SMILES string of the molecule is CCCCCCCCCCNCC1OC(OC)C(NC(=O)CCCCCCC(C)C)C(O)C1O. The fourth-order valence-electron chi connectivity index (χ4n) is 4.53. The van der Waals surface area contributed by atoms with Gasteiger partial charge < -0.3 is 30.3 Å². The standard InChI is InChI=1S/C27H54N2O5/c1-5-6-7-8-9-10-13-16-19-28-20-22-25(31)26(32)24(27(33-4)34-22)29-23(30)18-15-12-11-14-17-21(2)3/h21-22,24-28,31-32H,5-20H2,1-4H3,(H,29,30). The second-order valence-electron chi connectivity index (χ2n) is 10.4. The summed E-state index contributed by atoms with van der Waals surface area (Å²) in [6.45, 7) is 7.98. The average molecular weight is 487 g/mol. The van der Waals surface area contributed by atoms with Crippen molar-refractivity contribution < 1.29 is 24.5 Å². The molecular weight excluding hydrogens is 432 g/mol. The van der Waals surface area contributed by atoms with Crippen molar-refractivity contribution in [2.75, 3.05) is 20.2 Å². The molecular formula is C27H54N2O5. The molecule has 202 valence electrons. The fraction of sp³-hybridized carbons (Fsp3) is 0.963. The van der Waals surface area contributed by atoms with Crippen LogP contribution < -0.4 is 10.6 Å². The number of methoxy groups -OCH3 is 1. The third-order valence-corrected chi connectivity index (χ3v) is 6.75. The third kappa shape index (κ3) is 13.4. The van der Waals surface area contributed by atoms with Crippen molar-refractivity contribution in [1.29, 1.82) is 0 Å². The third-order valence-electron chi connectivity index (χ3n) is 6.75. The summed E-state index contributed by atoms with van der Waals surface area (Å²) in [5, 5.41) is 27.4. The number of amides is 1. The number of ether oxygens (including phenoxy) is 2. The maximum absolute atomic E-state index is 12.4. The molecule has 0 bridgehead atoms. The lowest BCUT2D eigenvalue weighted by atomic mass is 9.96. The van der Waals surface area contributed by atoms with Crippen LogP contribution in [0.1, 0.15) is 111 Å². The normalized spacial score (nSPS) is 25.1. The van der Waals surface area contributed by atoms with Gasteiger partial charge in [0.15, 0.2) is 6.29 Å². The molecule has 0 aliphatic carbocycles. The van der Waals surface area contributed by atoms with Crippen LogP contribution in [-0.2, 0) is 14.3 Å². The first-order chi connectivity index (χ1) is 16.4. The van der Waals surface area contributed by atoms with E-state index < -0.39 is 30.6 Å². The molecule has 34 heavy (non-hydrogen) atoms. The molecule has 7 nitrogen and oxygen atoms in total. The number of unbranched alkanes of at least 4 members (excludes halogenated alkanes) is 10. The van der Waals surface area contributed by atoms with E-state index in [0.29, 0.717) is 13.0 Å². The number of carbonyl (C=O) groups is 1. The number of hydrogen-bond acceptors (Lipinski definition) is 6. The van der Waals surface area contributed by atoms with E-state index in [4.69, 9.17) is 9.47 Å². The Morgan fingerprint density at radius 1 is 0.912 bits per heavy atom. The Bertz CT molecular complexity index is 503. The van der Waals surface area contributed by atoms with Gasteiger partial charge in [0, 0.05) is 20.1 Å². The summed E-state index contributed by atoms with van der Waals surface area (Å²) >= 11 is 0. The maximum atomic E-state index is 12.4. The molecule has 1 amide bonds. The lowest BCUT2D eigenvalue weighted by Crippen LogP contribution is -2.65. The Hall–Kier alpha value is -0.730.